The number of hydrogen-bond acceptors (Lipinski definition) is 3. The normalized spacial score (nSPS) is 16.9. The number of likely N-dealkylation sites (tertiary alicyclic amines) is 1. The van der Waals surface area contributed by atoms with Crippen LogP contribution in [0.2, 0.25) is 0 Å². The van der Waals surface area contributed by atoms with Gasteiger partial charge in [0.2, 0.25) is 0 Å². The molecule has 0 amide bonds. The summed E-state index contributed by atoms with van der Waals surface area (Å²) in [6.07, 6.45) is 9.66. The lowest BCUT2D eigenvalue weighted by atomic mass is 10.0. The van der Waals surface area contributed by atoms with E-state index in [4.69, 9.17) is 0 Å². The van der Waals surface area contributed by atoms with Gasteiger partial charge >= 0.3 is 0 Å². The van der Waals surface area contributed by atoms with E-state index in [0.29, 0.717) is 6.04 Å². The third kappa shape index (κ3) is 6.11. The fraction of sp³-hybridized carbons (Fsp3) is 0.409. The molecule has 2 heterocycles. The minimum Gasteiger partial charge on any atom is -0.310 e. The molecule has 1 fully saturated rings. The molecule has 0 bridgehead atoms. The van der Waals surface area contributed by atoms with Gasteiger partial charge in [-0.3, -0.25) is 4.98 Å². The molecular weight excluding hydrogens is 306 g/mol. The lowest BCUT2D eigenvalue weighted by molar-refractivity contribution is 0.201. The van der Waals surface area contributed by atoms with E-state index in [0.717, 1.165) is 19.5 Å². The molecule has 1 aliphatic heterocycles. The van der Waals surface area contributed by atoms with Gasteiger partial charge in [-0.15, -0.1) is 0 Å². The third-order valence-electron chi connectivity index (χ3n) is 4.94. The summed E-state index contributed by atoms with van der Waals surface area (Å²) in [6.45, 7) is 6.75. The highest BCUT2D eigenvalue weighted by Gasteiger charge is 2.18. The van der Waals surface area contributed by atoms with E-state index in [-0.39, 0.29) is 0 Å². The van der Waals surface area contributed by atoms with Crippen LogP contribution in [0.3, 0.4) is 0 Å². The summed E-state index contributed by atoms with van der Waals surface area (Å²) in [6, 6.07) is 15.5. The van der Waals surface area contributed by atoms with E-state index < -0.39 is 0 Å². The molecule has 1 aliphatic rings. The predicted molar refractivity (Wildman–Crippen MR) is 105 cm³/mol. The van der Waals surface area contributed by atoms with E-state index >= 15 is 0 Å². The van der Waals surface area contributed by atoms with Gasteiger partial charge in [-0.05, 0) is 62.5 Å². The maximum Gasteiger partial charge on any atom is 0.0270 e. The molecule has 25 heavy (non-hydrogen) atoms. The van der Waals surface area contributed by atoms with Crippen molar-refractivity contribution >= 4 is 6.08 Å². The average molecular weight is 335 g/mol. The zero-order valence-electron chi connectivity index (χ0n) is 15.2. The molecule has 0 saturated carbocycles. The maximum absolute atomic E-state index is 4.08. The van der Waals surface area contributed by atoms with Crippen molar-refractivity contribution in [2.45, 2.75) is 32.2 Å². The Labute approximate surface area is 151 Å². The highest BCUT2D eigenvalue weighted by Crippen LogP contribution is 2.12. The van der Waals surface area contributed by atoms with Gasteiger partial charge < -0.3 is 10.2 Å². The van der Waals surface area contributed by atoms with Crippen molar-refractivity contribution in [2.24, 2.45) is 0 Å². The molecular formula is C22H29N3. The summed E-state index contributed by atoms with van der Waals surface area (Å²) < 4.78 is 0. The Hall–Kier alpha value is -1.97. The molecule has 132 valence electrons. The Kier molecular flexibility index (Phi) is 6.78. The van der Waals surface area contributed by atoms with Gasteiger partial charge in [-0.25, -0.2) is 0 Å². The molecule has 1 N–H and O–H groups in total. The van der Waals surface area contributed by atoms with Crippen LogP contribution in [0.15, 0.2) is 60.4 Å². The fourth-order valence-corrected chi connectivity index (χ4v) is 3.39. The molecule has 1 aromatic carbocycles. The first-order valence-electron chi connectivity index (χ1n) is 9.36. The Morgan fingerprint density at radius 1 is 1.12 bits per heavy atom. The highest BCUT2D eigenvalue weighted by atomic mass is 15.1. The van der Waals surface area contributed by atoms with Crippen LogP contribution >= 0.6 is 0 Å². The SMILES string of the molecule is C/C(=C/c1ccccc1)CNC1CCN(CCc2ccncc2)CC1. The first kappa shape index (κ1) is 17.8. The molecule has 2 aromatic rings. The number of nitrogens with zero attached hydrogens (tertiary/aromatic N) is 2. The smallest absolute Gasteiger partial charge is 0.0270 e. The highest BCUT2D eigenvalue weighted by molar-refractivity contribution is 5.52. The van der Waals surface area contributed by atoms with Crippen molar-refractivity contribution in [1.29, 1.82) is 0 Å². The predicted octanol–water partition coefficient (Wildman–Crippen LogP) is 3.78. The molecule has 3 heteroatoms. The summed E-state index contributed by atoms with van der Waals surface area (Å²) >= 11 is 0. The second-order valence-electron chi connectivity index (χ2n) is 7.00. The first-order valence-corrected chi connectivity index (χ1v) is 9.36. The van der Waals surface area contributed by atoms with E-state index in [1.54, 1.807) is 0 Å². The van der Waals surface area contributed by atoms with Crippen molar-refractivity contribution in [1.82, 2.24) is 15.2 Å². The van der Waals surface area contributed by atoms with Gasteiger partial charge in [0.25, 0.3) is 0 Å². The Balaban J connectivity index is 1.36. The summed E-state index contributed by atoms with van der Waals surface area (Å²) in [5, 5.41) is 3.73. The summed E-state index contributed by atoms with van der Waals surface area (Å²) in [5.41, 5.74) is 4.07. The third-order valence-corrected chi connectivity index (χ3v) is 4.94. The second kappa shape index (κ2) is 9.50. The maximum atomic E-state index is 4.08. The van der Waals surface area contributed by atoms with Gasteiger partial charge in [-0.2, -0.15) is 0 Å². The number of hydrogen-bond donors (Lipinski definition) is 1. The topological polar surface area (TPSA) is 28.2 Å². The minimum atomic E-state index is 0.649. The lowest BCUT2D eigenvalue weighted by Crippen LogP contribution is -2.43. The zero-order valence-corrected chi connectivity index (χ0v) is 15.2. The fourth-order valence-electron chi connectivity index (χ4n) is 3.39. The van der Waals surface area contributed by atoms with Gasteiger partial charge in [0.05, 0.1) is 0 Å². The molecule has 0 unspecified atom stereocenters. The quantitative estimate of drug-likeness (QED) is 0.834. The lowest BCUT2D eigenvalue weighted by Gasteiger charge is -2.32. The van der Waals surface area contributed by atoms with Crippen LogP contribution in [0.25, 0.3) is 6.08 Å². The molecule has 3 nitrogen and oxygen atoms in total. The first-order chi connectivity index (χ1) is 12.3. The largest absolute Gasteiger partial charge is 0.310 e. The minimum absolute atomic E-state index is 0.649. The molecule has 0 aliphatic carbocycles. The number of nitrogens with one attached hydrogen (secondary N) is 1. The van der Waals surface area contributed by atoms with Crippen LogP contribution in [0, 0.1) is 0 Å². The Morgan fingerprint density at radius 2 is 1.84 bits per heavy atom. The zero-order chi connectivity index (χ0) is 17.3. The van der Waals surface area contributed by atoms with Crippen molar-refractivity contribution in [2.75, 3.05) is 26.2 Å². The van der Waals surface area contributed by atoms with Crippen molar-refractivity contribution in [3.05, 3.63) is 71.6 Å². The standard InChI is InChI=1S/C22H29N3/c1-19(17-21-5-3-2-4-6-21)18-24-22-10-15-25(16-11-22)14-9-20-7-12-23-13-8-20/h2-8,12-13,17,22,24H,9-11,14-16,18H2,1H3/b19-17-. The number of pyridine rings is 1. The summed E-state index contributed by atoms with van der Waals surface area (Å²) in [7, 11) is 0. The Bertz CT molecular complexity index is 643. The molecule has 3 rings (SSSR count). The van der Waals surface area contributed by atoms with Crippen LogP contribution in [-0.4, -0.2) is 42.1 Å². The molecule has 0 atom stereocenters. The van der Waals surface area contributed by atoms with Gasteiger partial charge in [-0.1, -0.05) is 42.0 Å². The number of benzene rings is 1. The number of aromatic nitrogens is 1. The van der Waals surface area contributed by atoms with Crippen LogP contribution < -0.4 is 5.32 Å². The van der Waals surface area contributed by atoms with Gasteiger partial charge in [0, 0.05) is 31.5 Å². The van der Waals surface area contributed by atoms with Crippen LogP contribution in [0.5, 0.6) is 0 Å². The Morgan fingerprint density at radius 3 is 2.56 bits per heavy atom. The molecule has 0 radical (unpaired) electrons. The van der Waals surface area contributed by atoms with Crippen molar-refractivity contribution in [3.8, 4) is 0 Å². The molecule has 0 spiro atoms. The average Bonchev–Trinajstić information content (AvgIpc) is 2.67. The van der Waals surface area contributed by atoms with Crippen LogP contribution in [-0.2, 0) is 6.42 Å². The number of rotatable bonds is 7. The van der Waals surface area contributed by atoms with Crippen LogP contribution in [0.4, 0.5) is 0 Å². The van der Waals surface area contributed by atoms with E-state index in [9.17, 15) is 0 Å². The monoisotopic (exact) mass is 335 g/mol. The van der Waals surface area contributed by atoms with E-state index in [2.05, 4.69) is 70.7 Å². The van der Waals surface area contributed by atoms with E-state index in [1.807, 2.05) is 12.4 Å². The summed E-state index contributed by atoms with van der Waals surface area (Å²) in [5.74, 6) is 0. The van der Waals surface area contributed by atoms with E-state index in [1.165, 1.54) is 42.6 Å². The summed E-state index contributed by atoms with van der Waals surface area (Å²) in [4.78, 5) is 6.67. The second-order valence-corrected chi connectivity index (χ2v) is 7.00. The van der Waals surface area contributed by atoms with Gasteiger partial charge in [0.15, 0.2) is 0 Å². The molecule has 1 aromatic heterocycles. The van der Waals surface area contributed by atoms with Crippen molar-refractivity contribution in [3.63, 3.8) is 0 Å². The van der Waals surface area contributed by atoms with Crippen molar-refractivity contribution < 1.29 is 0 Å². The van der Waals surface area contributed by atoms with Gasteiger partial charge in [0.1, 0.15) is 0 Å². The van der Waals surface area contributed by atoms with Crippen LogP contribution in [0.1, 0.15) is 30.9 Å². The molecule has 1 saturated heterocycles. The number of piperidine rings is 1.